The molecule has 0 radical (unpaired) electrons. The molecule has 0 aliphatic heterocycles. The number of hydrogen-bond acceptors (Lipinski definition) is 2. The van der Waals surface area contributed by atoms with Crippen molar-refractivity contribution >= 4 is 33.3 Å². The Kier molecular flexibility index (Phi) is 3.12. The maximum absolute atomic E-state index is 11.1. The Morgan fingerprint density at radius 2 is 2.25 bits per heavy atom. The van der Waals surface area contributed by atoms with Gasteiger partial charge in [0.15, 0.2) is 5.78 Å². The van der Waals surface area contributed by atoms with Crippen LogP contribution >= 0.6 is 27.5 Å². The standard InChI is InChI=1S/C8H6BrClO2/c9-7-3-5(11)1-2-6(7)8(12)4-10/h1-3,11H,4H2. The minimum absolute atomic E-state index is 0.0522. The number of carbonyl (C=O) groups excluding carboxylic acids is 1. The molecule has 0 amide bonds. The molecule has 12 heavy (non-hydrogen) atoms. The second-order valence-corrected chi connectivity index (χ2v) is 3.34. The van der Waals surface area contributed by atoms with Gasteiger partial charge < -0.3 is 5.11 Å². The maximum Gasteiger partial charge on any atom is 0.178 e. The molecule has 1 rings (SSSR count). The highest BCUT2D eigenvalue weighted by Gasteiger charge is 2.08. The lowest BCUT2D eigenvalue weighted by Crippen LogP contribution is -2.00. The van der Waals surface area contributed by atoms with Crippen LogP contribution in [0.4, 0.5) is 0 Å². The lowest BCUT2D eigenvalue weighted by atomic mass is 10.1. The van der Waals surface area contributed by atoms with Crippen molar-refractivity contribution in [3.63, 3.8) is 0 Å². The quantitative estimate of drug-likeness (QED) is 0.646. The summed E-state index contributed by atoms with van der Waals surface area (Å²) in [5.41, 5.74) is 0.489. The van der Waals surface area contributed by atoms with Crippen LogP contribution in [0.3, 0.4) is 0 Å². The van der Waals surface area contributed by atoms with E-state index in [1.54, 1.807) is 0 Å². The summed E-state index contributed by atoms with van der Waals surface area (Å²) >= 11 is 8.51. The van der Waals surface area contributed by atoms with Gasteiger partial charge in [-0.25, -0.2) is 0 Å². The smallest absolute Gasteiger partial charge is 0.178 e. The van der Waals surface area contributed by atoms with Gasteiger partial charge in [0.1, 0.15) is 5.75 Å². The van der Waals surface area contributed by atoms with E-state index in [0.29, 0.717) is 10.0 Å². The molecular weight excluding hydrogens is 243 g/mol. The van der Waals surface area contributed by atoms with E-state index in [9.17, 15) is 4.79 Å². The van der Waals surface area contributed by atoms with Crippen molar-refractivity contribution in [3.05, 3.63) is 28.2 Å². The number of phenols is 1. The van der Waals surface area contributed by atoms with Gasteiger partial charge in [0.2, 0.25) is 0 Å². The number of alkyl halides is 1. The number of Topliss-reactive ketones (excluding diaryl/α,β-unsaturated/α-hetero) is 1. The van der Waals surface area contributed by atoms with E-state index >= 15 is 0 Å². The fourth-order valence-corrected chi connectivity index (χ4v) is 1.53. The van der Waals surface area contributed by atoms with Crippen molar-refractivity contribution < 1.29 is 9.90 Å². The van der Waals surface area contributed by atoms with Crippen LogP contribution in [0.1, 0.15) is 10.4 Å². The Labute approximate surface area is 83.3 Å². The first-order chi connectivity index (χ1) is 5.65. The van der Waals surface area contributed by atoms with Crippen molar-refractivity contribution in [1.29, 1.82) is 0 Å². The minimum Gasteiger partial charge on any atom is -0.508 e. The highest BCUT2D eigenvalue weighted by Crippen LogP contribution is 2.22. The highest BCUT2D eigenvalue weighted by atomic mass is 79.9. The Hall–Kier alpha value is -0.540. The lowest BCUT2D eigenvalue weighted by molar-refractivity contribution is 0.102. The summed E-state index contributed by atoms with van der Waals surface area (Å²) in [6.07, 6.45) is 0. The molecule has 0 spiro atoms. The molecular formula is C8H6BrClO2. The molecule has 0 saturated heterocycles. The third kappa shape index (κ3) is 1.99. The van der Waals surface area contributed by atoms with E-state index in [-0.39, 0.29) is 17.4 Å². The number of hydrogen-bond donors (Lipinski definition) is 1. The summed E-state index contributed by atoms with van der Waals surface area (Å²) in [4.78, 5) is 11.1. The molecule has 0 heterocycles. The Balaban J connectivity index is 3.09. The van der Waals surface area contributed by atoms with Gasteiger partial charge in [-0.05, 0) is 34.1 Å². The van der Waals surface area contributed by atoms with E-state index in [4.69, 9.17) is 16.7 Å². The largest absolute Gasteiger partial charge is 0.508 e. The summed E-state index contributed by atoms with van der Waals surface area (Å²) in [7, 11) is 0. The van der Waals surface area contributed by atoms with Gasteiger partial charge >= 0.3 is 0 Å². The molecule has 64 valence electrons. The average Bonchev–Trinajstić information content (AvgIpc) is 2.03. The first-order valence-corrected chi connectivity index (χ1v) is 4.55. The fourth-order valence-electron chi connectivity index (χ4n) is 0.802. The van der Waals surface area contributed by atoms with E-state index in [0.717, 1.165) is 0 Å². The normalized spacial score (nSPS) is 9.83. The van der Waals surface area contributed by atoms with Crippen molar-refractivity contribution in [3.8, 4) is 5.75 Å². The zero-order valence-electron chi connectivity index (χ0n) is 6.05. The van der Waals surface area contributed by atoms with Crippen LogP contribution < -0.4 is 0 Å². The number of carbonyl (C=O) groups is 1. The van der Waals surface area contributed by atoms with E-state index < -0.39 is 0 Å². The Bertz CT molecular complexity index is 312. The highest BCUT2D eigenvalue weighted by molar-refractivity contribution is 9.10. The predicted octanol–water partition coefficient (Wildman–Crippen LogP) is 2.58. The molecule has 0 aromatic heterocycles. The molecule has 0 aliphatic rings. The summed E-state index contributed by atoms with van der Waals surface area (Å²) < 4.78 is 0.563. The molecule has 0 saturated carbocycles. The van der Waals surface area contributed by atoms with E-state index in [1.165, 1.54) is 18.2 Å². The molecule has 1 N–H and O–H groups in total. The van der Waals surface area contributed by atoms with Crippen LogP contribution in [0.15, 0.2) is 22.7 Å². The zero-order chi connectivity index (χ0) is 9.14. The van der Waals surface area contributed by atoms with E-state index in [1.807, 2.05) is 0 Å². The number of benzene rings is 1. The monoisotopic (exact) mass is 248 g/mol. The summed E-state index contributed by atoms with van der Waals surface area (Å²) in [5, 5.41) is 9.02. The van der Waals surface area contributed by atoms with Gasteiger partial charge in [-0.15, -0.1) is 11.6 Å². The molecule has 2 nitrogen and oxygen atoms in total. The van der Waals surface area contributed by atoms with Crippen molar-refractivity contribution in [2.24, 2.45) is 0 Å². The van der Waals surface area contributed by atoms with Gasteiger partial charge in [0.25, 0.3) is 0 Å². The summed E-state index contributed by atoms with van der Waals surface area (Å²) in [6.45, 7) is 0. The van der Waals surface area contributed by atoms with Gasteiger partial charge in [0.05, 0.1) is 5.88 Å². The van der Waals surface area contributed by atoms with Crippen LogP contribution in [0.2, 0.25) is 0 Å². The molecule has 0 atom stereocenters. The summed E-state index contributed by atoms with van der Waals surface area (Å²) in [5.74, 6) is -0.0971. The van der Waals surface area contributed by atoms with Gasteiger partial charge in [-0.2, -0.15) is 0 Å². The number of rotatable bonds is 2. The SMILES string of the molecule is O=C(CCl)c1ccc(O)cc1Br. The topological polar surface area (TPSA) is 37.3 Å². The van der Waals surface area contributed by atoms with Crippen molar-refractivity contribution in [1.82, 2.24) is 0 Å². The van der Waals surface area contributed by atoms with Crippen LogP contribution in [0.25, 0.3) is 0 Å². The van der Waals surface area contributed by atoms with Crippen molar-refractivity contribution in [2.75, 3.05) is 5.88 Å². The van der Waals surface area contributed by atoms with Gasteiger partial charge in [-0.1, -0.05) is 0 Å². The van der Waals surface area contributed by atoms with Gasteiger partial charge in [0, 0.05) is 10.0 Å². The third-order valence-corrected chi connectivity index (χ3v) is 2.27. The van der Waals surface area contributed by atoms with E-state index in [2.05, 4.69) is 15.9 Å². The molecule has 0 bridgehead atoms. The van der Waals surface area contributed by atoms with Crippen LogP contribution in [0.5, 0.6) is 5.75 Å². The fraction of sp³-hybridized carbons (Fsp3) is 0.125. The maximum atomic E-state index is 11.1. The second kappa shape index (κ2) is 3.92. The Morgan fingerprint density at radius 3 is 2.75 bits per heavy atom. The second-order valence-electron chi connectivity index (χ2n) is 2.22. The van der Waals surface area contributed by atoms with Crippen molar-refractivity contribution in [2.45, 2.75) is 0 Å². The minimum atomic E-state index is -0.163. The van der Waals surface area contributed by atoms with Gasteiger partial charge in [-0.3, -0.25) is 4.79 Å². The predicted molar refractivity (Wildman–Crippen MR) is 50.9 cm³/mol. The number of phenolic OH excluding ortho intramolecular Hbond substituents is 1. The molecule has 4 heteroatoms. The zero-order valence-corrected chi connectivity index (χ0v) is 8.39. The molecule has 1 aromatic carbocycles. The Morgan fingerprint density at radius 1 is 1.58 bits per heavy atom. The summed E-state index contributed by atoms with van der Waals surface area (Å²) in [6, 6.07) is 4.44. The number of aromatic hydroxyl groups is 1. The third-order valence-electron chi connectivity index (χ3n) is 1.37. The number of halogens is 2. The molecule has 0 fully saturated rings. The van der Waals surface area contributed by atoms with Crippen LogP contribution in [-0.2, 0) is 0 Å². The molecule has 0 unspecified atom stereocenters. The molecule has 1 aromatic rings. The first kappa shape index (κ1) is 9.55. The molecule has 0 aliphatic carbocycles. The van der Waals surface area contributed by atoms with Crippen LogP contribution in [0, 0.1) is 0 Å². The average molecular weight is 249 g/mol. The lowest BCUT2D eigenvalue weighted by Gasteiger charge is -2.00. The number of ketones is 1. The first-order valence-electron chi connectivity index (χ1n) is 3.23. The van der Waals surface area contributed by atoms with Crippen LogP contribution in [-0.4, -0.2) is 16.8 Å².